The first-order valence-corrected chi connectivity index (χ1v) is 10.2. The zero-order chi connectivity index (χ0) is 18.9. The Balaban J connectivity index is 1.97. The summed E-state index contributed by atoms with van der Waals surface area (Å²) in [5.74, 6) is 0.534. The lowest BCUT2D eigenvalue weighted by atomic mass is 10.1. The monoisotopic (exact) mass is 384 g/mol. The van der Waals surface area contributed by atoms with Crippen LogP contribution >= 0.6 is 11.6 Å². The van der Waals surface area contributed by atoms with Gasteiger partial charge in [-0.25, -0.2) is 0 Å². The Kier molecular flexibility index (Phi) is 9.37. The van der Waals surface area contributed by atoms with E-state index in [4.69, 9.17) is 30.5 Å². The van der Waals surface area contributed by atoms with E-state index in [1.54, 1.807) is 0 Å². The predicted molar refractivity (Wildman–Crippen MR) is 104 cm³/mol. The fourth-order valence-corrected chi connectivity index (χ4v) is 3.07. The molecule has 0 amide bonds. The summed E-state index contributed by atoms with van der Waals surface area (Å²) in [5, 5.41) is 0.714. The third kappa shape index (κ3) is 6.50. The summed E-state index contributed by atoms with van der Waals surface area (Å²) in [7, 11) is 0. The molecular formula is C21H33ClO4. The minimum absolute atomic E-state index is 0.0523. The lowest BCUT2D eigenvalue weighted by Gasteiger charge is -2.39. The summed E-state index contributed by atoms with van der Waals surface area (Å²) in [4.78, 5) is 0. The van der Waals surface area contributed by atoms with Crippen molar-refractivity contribution in [1.82, 2.24) is 0 Å². The molecule has 0 radical (unpaired) electrons. The Hall–Kier alpha value is -0.650. The standard InChI is InChI=1S/C21H33ClO4/c1-5-9-20-25-14-19(24-13-17-10-7-8-11-18(17)22)21(26-20)16(4)23-12-15(3)6-2/h7-8,10-11,15-16,19-21H,5-6,9,12-14H2,1-4H3/t15?,16?,19-,20+,21-/m1/s1. The van der Waals surface area contributed by atoms with Crippen LogP contribution in [0.4, 0.5) is 0 Å². The summed E-state index contributed by atoms with van der Waals surface area (Å²) < 4.78 is 24.2. The van der Waals surface area contributed by atoms with E-state index in [1.165, 1.54) is 0 Å². The van der Waals surface area contributed by atoms with E-state index in [0.29, 0.717) is 24.2 Å². The Morgan fingerprint density at radius 2 is 2.00 bits per heavy atom. The first kappa shape index (κ1) is 21.6. The molecule has 1 aliphatic heterocycles. The molecule has 0 saturated carbocycles. The van der Waals surface area contributed by atoms with Crippen molar-refractivity contribution in [2.45, 2.75) is 78.2 Å². The molecule has 1 aromatic rings. The summed E-state index contributed by atoms with van der Waals surface area (Å²) in [6.45, 7) is 10.2. The SMILES string of the molecule is CCC[C@H]1OC[C@@H](OCc2ccccc2Cl)[C@@H](C(C)OCC(C)CC)O1. The summed E-state index contributed by atoms with van der Waals surface area (Å²) in [5.41, 5.74) is 0.969. The molecule has 1 heterocycles. The number of hydrogen-bond acceptors (Lipinski definition) is 4. The molecule has 5 heteroatoms. The molecule has 1 aliphatic rings. The number of hydrogen-bond donors (Lipinski definition) is 0. The van der Waals surface area contributed by atoms with Gasteiger partial charge in [-0.15, -0.1) is 0 Å². The minimum atomic E-state index is -0.181. The molecule has 2 unspecified atom stereocenters. The lowest BCUT2D eigenvalue weighted by Crippen LogP contribution is -2.51. The Bertz CT molecular complexity index is 524. The van der Waals surface area contributed by atoms with Crippen molar-refractivity contribution in [1.29, 1.82) is 0 Å². The summed E-state index contributed by atoms with van der Waals surface area (Å²) in [6.07, 6.45) is 2.45. The van der Waals surface area contributed by atoms with Crippen LogP contribution in [0.5, 0.6) is 0 Å². The highest BCUT2D eigenvalue weighted by Gasteiger charge is 2.36. The fraction of sp³-hybridized carbons (Fsp3) is 0.714. The van der Waals surface area contributed by atoms with E-state index >= 15 is 0 Å². The average molecular weight is 385 g/mol. The van der Waals surface area contributed by atoms with Crippen LogP contribution in [-0.4, -0.2) is 37.8 Å². The molecule has 0 N–H and O–H groups in total. The molecule has 1 saturated heterocycles. The second-order valence-corrected chi connectivity index (χ2v) is 7.55. The van der Waals surface area contributed by atoms with Crippen molar-refractivity contribution in [3.05, 3.63) is 34.9 Å². The van der Waals surface area contributed by atoms with E-state index in [9.17, 15) is 0 Å². The summed E-state index contributed by atoms with van der Waals surface area (Å²) in [6, 6.07) is 7.73. The average Bonchev–Trinajstić information content (AvgIpc) is 2.66. The van der Waals surface area contributed by atoms with Gasteiger partial charge >= 0.3 is 0 Å². The molecule has 4 nitrogen and oxygen atoms in total. The number of ether oxygens (including phenoxy) is 4. The molecule has 0 spiro atoms. The second-order valence-electron chi connectivity index (χ2n) is 7.15. The van der Waals surface area contributed by atoms with Crippen molar-refractivity contribution in [3.8, 4) is 0 Å². The largest absolute Gasteiger partial charge is 0.375 e. The van der Waals surface area contributed by atoms with Crippen LogP contribution in [0.15, 0.2) is 24.3 Å². The molecule has 1 aromatic carbocycles. The Morgan fingerprint density at radius 1 is 1.23 bits per heavy atom. The lowest BCUT2D eigenvalue weighted by molar-refractivity contribution is -0.285. The van der Waals surface area contributed by atoms with Crippen LogP contribution in [0.3, 0.4) is 0 Å². The smallest absolute Gasteiger partial charge is 0.158 e. The van der Waals surface area contributed by atoms with Gasteiger partial charge in [0.15, 0.2) is 6.29 Å². The summed E-state index contributed by atoms with van der Waals surface area (Å²) >= 11 is 6.24. The quantitative estimate of drug-likeness (QED) is 0.554. The van der Waals surface area contributed by atoms with Crippen LogP contribution in [0.1, 0.15) is 52.5 Å². The van der Waals surface area contributed by atoms with Gasteiger partial charge in [0.1, 0.15) is 12.2 Å². The van der Waals surface area contributed by atoms with Crippen molar-refractivity contribution in [3.63, 3.8) is 0 Å². The highest BCUT2D eigenvalue weighted by Crippen LogP contribution is 2.25. The van der Waals surface area contributed by atoms with Crippen LogP contribution < -0.4 is 0 Å². The van der Waals surface area contributed by atoms with E-state index in [1.807, 2.05) is 24.3 Å². The first-order valence-electron chi connectivity index (χ1n) is 9.78. The van der Waals surface area contributed by atoms with Crippen molar-refractivity contribution in [2.75, 3.05) is 13.2 Å². The zero-order valence-corrected chi connectivity index (χ0v) is 17.2. The van der Waals surface area contributed by atoms with Crippen molar-refractivity contribution >= 4 is 11.6 Å². The Morgan fingerprint density at radius 3 is 2.69 bits per heavy atom. The van der Waals surface area contributed by atoms with E-state index in [0.717, 1.165) is 31.4 Å². The third-order valence-electron chi connectivity index (χ3n) is 4.86. The van der Waals surface area contributed by atoms with Crippen molar-refractivity contribution < 1.29 is 18.9 Å². The molecule has 1 fully saturated rings. The number of halogens is 1. The second kappa shape index (κ2) is 11.3. The van der Waals surface area contributed by atoms with Crippen LogP contribution in [0.25, 0.3) is 0 Å². The molecule has 2 rings (SSSR count). The zero-order valence-electron chi connectivity index (χ0n) is 16.4. The maximum atomic E-state index is 6.24. The maximum absolute atomic E-state index is 6.24. The fourth-order valence-electron chi connectivity index (χ4n) is 2.88. The minimum Gasteiger partial charge on any atom is -0.375 e. The van der Waals surface area contributed by atoms with Crippen LogP contribution in [0, 0.1) is 5.92 Å². The molecular weight excluding hydrogens is 352 g/mol. The topological polar surface area (TPSA) is 36.9 Å². The predicted octanol–water partition coefficient (Wildman–Crippen LogP) is 5.22. The van der Waals surface area contributed by atoms with Crippen molar-refractivity contribution in [2.24, 2.45) is 5.92 Å². The van der Waals surface area contributed by atoms with Gasteiger partial charge in [0.05, 0.1) is 19.3 Å². The highest BCUT2D eigenvalue weighted by atomic mass is 35.5. The molecule has 148 valence electrons. The van der Waals surface area contributed by atoms with Gasteiger partial charge in [0.25, 0.3) is 0 Å². The Labute approximate surface area is 163 Å². The van der Waals surface area contributed by atoms with Gasteiger partial charge in [-0.2, -0.15) is 0 Å². The normalized spacial score (nSPS) is 25.8. The molecule has 5 atom stereocenters. The van der Waals surface area contributed by atoms with E-state index < -0.39 is 0 Å². The molecule has 0 aromatic heterocycles. The molecule has 26 heavy (non-hydrogen) atoms. The van der Waals surface area contributed by atoms with Crippen LogP contribution in [0.2, 0.25) is 5.02 Å². The van der Waals surface area contributed by atoms with E-state index in [2.05, 4.69) is 27.7 Å². The van der Waals surface area contributed by atoms with Crippen LogP contribution in [-0.2, 0) is 25.6 Å². The number of rotatable bonds is 10. The maximum Gasteiger partial charge on any atom is 0.158 e. The van der Waals surface area contributed by atoms with Gasteiger partial charge in [-0.1, -0.05) is 63.4 Å². The first-order chi connectivity index (χ1) is 12.5. The van der Waals surface area contributed by atoms with Gasteiger partial charge < -0.3 is 18.9 Å². The van der Waals surface area contributed by atoms with Gasteiger partial charge in [0.2, 0.25) is 0 Å². The van der Waals surface area contributed by atoms with Gasteiger partial charge in [0, 0.05) is 11.6 Å². The number of benzene rings is 1. The molecule has 0 bridgehead atoms. The van der Waals surface area contributed by atoms with Gasteiger partial charge in [-0.3, -0.25) is 0 Å². The highest BCUT2D eigenvalue weighted by molar-refractivity contribution is 6.31. The van der Waals surface area contributed by atoms with Gasteiger partial charge in [-0.05, 0) is 30.9 Å². The molecule has 0 aliphatic carbocycles. The third-order valence-corrected chi connectivity index (χ3v) is 5.23. The van der Waals surface area contributed by atoms with E-state index in [-0.39, 0.29) is 24.6 Å².